The van der Waals surface area contributed by atoms with Crippen LogP contribution in [0.25, 0.3) is 11.1 Å². The van der Waals surface area contributed by atoms with Gasteiger partial charge in [-0.15, -0.1) is 0 Å². The lowest BCUT2D eigenvalue weighted by atomic mass is 10.0. The van der Waals surface area contributed by atoms with Crippen molar-refractivity contribution in [2.45, 2.75) is 0 Å². The molecule has 1 heterocycles. The third kappa shape index (κ3) is 3.71. The molecule has 0 spiro atoms. The van der Waals surface area contributed by atoms with Crippen LogP contribution in [0.3, 0.4) is 0 Å². The van der Waals surface area contributed by atoms with E-state index in [1.165, 1.54) is 0 Å². The molecule has 0 amide bonds. The minimum Gasteiger partial charge on any atom is -0.341 e. The number of rotatable bonds is 2. The fraction of sp³-hybridized carbons (Fsp3) is 0.235. The second kappa shape index (κ2) is 6.42. The van der Waals surface area contributed by atoms with Gasteiger partial charge < -0.3 is 10.2 Å². The van der Waals surface area contributed by atoms with Crippen LogP contribution in [-0.2, 0) is 9.84 Å². The van der Waals surface area contributed by atoms with E-state index in [-0.39, 0.29) is 17.5 Å². The SMILES string of the molecule is N=C(Nc1ccccc1-c1ccccc1)N1CCS(=O)(=O)CC1. The van der Waals surface area contributed by atoms with Crippen molar-refractivity contribution < 1.29 is 8.42 Å². The fourth-order valence-electron chi connectivity index (χ4n) is 2.60. The Bertz CT molecular complexity index is 790. The van der Waals surface area contributed by atoms with Gasteiger partial charge in [0.1, 0.15) is 0 Å². The zero-order valence-electron chi connectivity index (χ0n) is 12.7. The molecule has 0 saturated carbocycles. The molecule has 120 valence electrons. The monoisotopic (exact) mass is 329 g/mol. The first-order valence-electron chi connectivity index (χ1n) is 7.50. The molecule has 2 aromatic rings. The van der Waals surface area contributed by atoms with Crippen molar-refractivity contribution >= 4 is 21.5 Å². The van der Waals surface area contributed by atoms with Crippen molar-refractivity contribution in [3.63, 3.8) is 0 Å². The highest BCUT2D eigenvalue weighted by atomic mass is 32.2. The summed E-state index contributed by atoms with van der Waals surface area (Å²) in [6.07, 6.45) is 0. The molecule has 1 saturated heterocycles. The van der Waals surface area contributed by atoms with E-state index in [1.807, 2.05) is 54.6 Å². The molecule has 0 aliphatic carbocycles. The number of nitrogens with one attached hydrogen (secondary N) is 2. The van der Waals surface area contributed by atoms with Gasteiger partial charge in [-0.2, -0.15) is 0 Å². The normalized spacial score (nSPS) is 16.8. The molecule has 2 N–H and O–H groups in total. The van der Waals surface area contributed by atoms with Crippen molar-refractivity contribution in [3.05, 3.63) is 54.6 Å². The number of para-hydroxylation sites is 1. The van der Waals surface area contributed by atoms with E-state index in [0.29, 0.717) is 13.1 Å². The molecule has 0 bridgehead atoms. The van der Waals surface area contributed by atoms with E-state index < -0.39 is 9.84 Å². The molecule has 23 heavy (non-hydrogen) atoms. The Morgan fingerprint density at radius 1 is 0.957 bits per heavy atom. The molecule has 0 atom stereocenters. The number of guanidine groups is 1. The van der Waals surface area contributed by atoms with Crippen molar-refractivity contribution in [2.24, 2.45) is 0 Å². The summed E-state index contributed by atoms with van der Waals surface area (Å²) in [6.45, 7) is 0.726. The van der Waals surface area contributed by atoms with Crippen LogP contribution in [0.15, 0.2) is 54.6 Å². The van der Waals surface area contributed by atoms with Crippen LogP contribution >= 0.6 is 0 Å². The van der Waals surface area contributed by atoms with Crippen LogP contribution in [-0.4, -0.2) is 43.9 Å². The average Bonchev–Trinajstić information content (AvgIpc) is 2.56. The standard InChI is InChI=1S/C17H19N3O2S/c18-17(20-10-12-23(21,22)13-11-20)19-16-9-5-4-8-15(16)14-6-2-1-3-7-14/h1-9H,10-13H2,(H2,18,19). The zero-order valence-corrected chi connectivity index (χ0v) is 13.5. The smallest absolute Gasteiger partial charge is 0.195 e. The maximum Gasteiger partial charge on any atom is 0.195 e. The van der Waals surface area contributed by atoms with E-state index in [1.54, 1.807) is 4.90 Å². The second-order valence-electron chi connectivity index (χ2n) is 5.52. The molecular weight excluding hydrogens is 310 g/mol. The fourth-order valence-corrected chi connectivity index (χ4v) is 3.81. The zero-order chi connectivity index (χ0) is 16.3. The third-order valence-electron chi connectivity index (χ3n) is 3.93. The lowest BCUT2D eigenvalue weighted by Crippen LogP contribution is -2.46. The summed E-state index contributed by atoms with van der Waals surface area (Å²) in [5.74, 6) is 0.456. The summed E-state index contributed by atoms with van der Waals surface area (Å²) in [4.78, 5) is 1.77. The average molecular weight is 329 g/mol. The molecule has 3 rings (SSSR count). The molecule has 2 aromatic carbocycles. The Hall–Kier alpha value is -2.34. The number of nitrogens with zero attached hydrogens (tertiary/aromatic N) is 1. The molecule has 0 aromatic heterocycles. The molecule has 0 radical (unpaired) electrons. The third-order valence-corrected chi connectivity index (χ3v) is 5.53. The van der Waals surface area contributed by atoms with Crippen LogP contribution in [0.4, 0.5) is 5.69 Å². The topological polar surface area (TPSA) is 73.3 Å². The lowest BCUT2D eigenvalue weighted by Gasteiger charge is -2.29. The molecule has 5 nitrogen and oxygen atoms in total. The first kappa shape index (κ1) is 15.6. The maximum atomic E-state index is 11.5. The molecule has 6 heteroatoms. The van der Waals surface area contributed by atoms with Gasteiger partial charge in [0.25, 0.3) is 0 Å². The van der Waals surface area contributed by atoms with Crippen molar-refractivity contribution in [1.29, 1.82) is 5.41 Å². The maximum absolute atomic E-state index is 11.5. The van der Waals surface area contributed by atoms with Gasteiger partial charge in [-0.05, 0) is 11.6 Å². The predicted octanol–water partition coefficient (Wildman–Crippen LogP) is 2.43. The van der Waals surface area contributed by atoms with Gasteiger partial charge in [-0.3, -0.25) is 5.41 Å². The summed E-state index contributed by atoms with van der Waals surface area (Å²) in [5, 5.41) is 11.3. The van der Waals surface area contributed by atoms with Gasteiger partial charge in [0.2, 0.25) is 0 Å². The minimum absolute atomic E-state index is 0.109. The Morgan fingerprint density at radius 3 is 2.26 bits per heavy atom. The highest BCUT2D eigenvalue weighted by Crippen LogP contribution is 2.27. The van der Waals surface area contributed by atoms with E-state index in [0.717, 1.165) is 16.8 Å². The van der Waals surface area contributed by atoms with Crippen LogP contribution in [0.1, 0.15) is 0 Å². The van der Waals surface area contributed by atoms with Crippen LogP contribution in [0.2, 0.25) is 0 Å². The first-order chi connectivity index (χ1) is 11.1. The highest BCUT2D eigenvalue weighted by molar-refractivity contribution is 7.91. The minimum atomic E-state index is -2.94. The Labute approximate surface area is 136 Å². The molecule has 1 aliphatic heterocycles. The van der Waals surface area contributed by atoms with Gasteiger partial charge in [-0.1, -0.05) is 48.5 Å². The molecule has 0 unspecified atom stereocenters. The summed E-state index contributed by atoms with van der Waals surface area (Å²) in [6, 6.07) is 17.8. The Morgan fingerprint density at radius 2 is 1.57 bits per heavy atom. The van der Waals surface area contributed by atoms with Crippen LogP contribution in [0, 0.1) is 5.41 Å². The van der Waals surface area contributed by atoms with E-state index >= 15 is 0 Å². The van der Waals surface area contributed by atoms with Crippen LogP contribution in [0.5, 0.6) is 0 Å². The Kier molecular flexibility index (Phi) is 4.34. The quantitative estimate of drug-likeness (QED) is 0.655. The van der Waals surface area contributed by atoms with E-state index in [2.05, 4.69) is 5.32 Å². The summed E-state index contributed by atoms with van der Waals surface area (Å²) < 4.78 is 23.0. The van der Waals surface area contributed by atoms with Crippen molar-refractivity contribution in [3.8, 4) is 11.1 Å². The van der Waals surface area contributed by atoms with Gasteiger partial charge >= 0.3 is 0 Å². The first-order valence-corrected chi connectivity index (χ1v) is 9.33. The van der Waals surface area contributed by atoms with E-state index in [4.69, 9.17) is 5.41 Å². The number of hydrogen-bond acceptors (Lipinski definition) is 3. The van der Waals surface area contributed by atoms with Gasteiger partial charge in [0, 0.05) is 24.3 Å². The predicted molar refractivity (Wildman–Crippen MR) is 93.5 cm³/mol. The number of benzene rings is 2. The summed E-state index contributed by atoms with van der Waals surface area (Å²) >= 11 is 0. The molecule has 1 aliphatic rings. The Balaban J connectivity index is 1.77. The van der Waals surface area contributed by atoms with Crippen molar-refractivity contribution in [1.82, 2.24) is 4.90 Å². The molecular formula is C17H19N3O2S. The number of sulfone groups is 1. The summed E-state index contributed by atoms with van der Waals surface area (Å²) in [5.41, 5.74) is 2.93. The lowest BCUT2D eigenvalue weighted by molar-refractivity contribution is 0.439. The number of hydrogen-bond donors (Lipinski definition) is 2. The summed E-state index contributed by atoms with van der Waals surface area (Å²) in [7, 11) is -2.94. The van der Waals surface area contributed by atoms with Gasteiger partial charge in [0.05, 0.1) is 11.5 Å². The van der Waals surface area contributed by atoms with Crippen molar-refractivity contribution in [2.75, 3.05) is 29.9 Å². The largest absolute Gasteiger partial charge is 0.341 e. The highest BCUT2D eigenvalue weighted by Gasteiger charge is 2.23. The van der Waals surface area contributed by atoms with Gasteiger partial charge in [0.15, 0.2) is 15.8 Å². The van der Waals surface area contributed by atoms with Gasteiger partial charge in [-0.25, -0.2) is 8.42 Å². The number of anilines is 1. The van der Waals surface area contributed by atoms with Crippen LogP contribution < -0.4 is 5.32 Å². The molecule has 1 fully saturated rings. The van der Waals surface area contributed by atoms with E-state index in [9.17, 15) is 8.42 Å². The second-order valence-corrected chi connectivity index (χ2v) is 7.83.